The van der Waals surface area contributed by atoms with Crippen molar-refractivity contribution in [2.24, 2.45) is 0 Å². The number of anilines is 2. The average molecular weight is 276 g/mol. The van der Waals surface area contributed by atoms with Crippen LogP contribution in [0.1, 0.15) is 26.2 Å². The van der Waals surface area contributed by atoms with Crippen LogP contribution in [-0.4, -0.2) is 22.9 Å². The first-order chi connectivity index (χ1) is 9.24. The average Bonchev–Trinajstić information content (AvgIpc) is 2.82. The highest BCUT2D eigenvalue weighted by Crippen LogP contribution is 2.38. The highest BCUT2D eigenvalue weighted by molar-refractivity contribution is 7.11. The number of hydrogen-bond donors (Lipinski definition) is 1. The van der Waals surface area contributed by atoms with Gasteiger partial charge in [-0.1, -0.05) is 19.8 Å². The molecule has 0 spiro atoms. The monoisotopic (exact) mass is 276 g/mol. The Morgan fingerprint density at radius 2 is 2.00 bits per heavy atom. The van der Waals surface area contributed by atoms with Crippen molar-refractivity contribution in [1.82, 2.24) is 9.36 Å². The minimum atomic E-state index is 0.605. The summed E-state index contributed by atoms with van der Waals surface area (Å²) in [6.45, 7) is 3.25. The lowest BCUT2D eigenvalue weighted by molar-refractivity contribution is 0.707. The van der Waals surface area contributed by atoms with Crippen molar-refractivity contribution in [2.45, 2.75) is 26.2 Å². The predicted molar refractivity (Wildman–Crippen MR) is 82.6 cm³/mol. The molecule has 0 aliphatic carbocycles. The SMILES string of the molecule is CCCCCN(C)c1snc(N)c1-c1ccncc1. The third-order valence-electron chi connectivity index (χ3n) is 3.11. The van der Waals surface area contributed by atoms with Gasteiger partial charge in [0.2, 0.25) is 0 Å². The summed E-state index contributed by atoms with van der Waals surface area (Å²) in [7, 11) is 2.10. The summed E-state index contributed by atoms with van der Waals surface area (Å²) < 4.78 is 4.30. The van der Waals surface area contributed by atoms with E-state index in [9.17, 15) is 0 Å². The van der Waals surface area contributed by atoms with Crippen LogP contribution in [0.3, 0.4) is 0 Å². The van der Waals surface area contributed by atoms with Crippen molar-refractivity contribution >= 4 is 22.4 Å². The number of nitrogens with two attached hydrogens (primary N) is 1. The quantitative estimate of drug-likeness (QED) is 0.821. The lowest BCUT2D eigenvalue weighted by Gasteiger charge is -2.18. The molecule has 19 heavy (non-hydrogen) atoms. The molecule has 0 aromatic carbocycles. The van der Waals surface area contributed by atoms with Crippen molar-refractivity contribution in [3.05, 3.63) is 24.5 Å². The van der Waals surface area contributed by atoms with Crippen LogP contribution in [0.2, 0.25) is 0 Å². The maximum absolute atomic E-state index is 6.02. The molecule has 0 fully saturated rings. The standard InChI is InChI=1S/C14H20N4S/c1-3-4-5-10-18(2)14-12(13(15)17-19-14)11-6-8-16-9-7-11/h6-9H,3-5,10H2,1-2H3,(H2,15,17). The molecule has 0 radical (unpaired) electrons. The van der Waals surface area contributed by atoms with Crippen molar-refractivity contribution in [1.29, 1.82) is 0 Å². The topological polar surface area (TPSA) is 55.0 Å². The molecule has 2 heterocycles. The first-order valence-electron chi connectivity index (χ1n) is 6.60. The highest BCUT2D eigenvalue weighted by atomic mass is 32.1. The van der Waals surface area contributed by atoms with E-state index in [0.29, 0.717) is 5.82 Å². The Morgan fingerprint density at radius 3 is 2.68 bits per heavy atom. The molecule has 0 amide bonds. The first-order valence-corrected chi connectivity index (χ1v) is 7.38. The molecule has 0 bridgehead atoms. The molecular formula is C14H20N4S. The normalized spacial score (nSPS) is 10.6. The van der Waals surface area contributed by atoms with Gasteiger partial charge in [-0.15, -0.1) is 0 Å². The van der Waals surface area contributed by atoms with Crippen molar-refractivity contribution in [2.75, 3.05) is 24.2 Å². The van der Waals surface area contributed by atoms with E-state index in [1.165, 1.54) is 30.8 Å². The van der Waals surface area contributed by atoms with Crippen molar-refractivity contribution in [3.8, 4) is 11.1 Å². The van der Waals surface area contributed by atoms with Crippen molar-refractivity contribution in [3.63, 3.8) is 0 Å². The molecule has 5 heteroatoms. The zero-order chi connectivity index (χ0) is 13.7. The molecule has 102 valence electrons. The molecule has 2 aromatic heterocycles. The Morgan fingerprint density at radius 1 is 1.26 bits per heavy atom. The number of rotatable bonds is 6. The smallest absolute Gasteiger partial charge is 0.147 e. The fraction of sp³-hybridized carbons (Fsp3) is 0.429. The predicted octanol–water partition coefficient (Wildman–Crippen LogP) is 3.41. The van der Waals surface area contributed by atoms with Gasteiger partial charge in [0.15, 0.2) is 0 Å². The van der Waals surface area contributed by atoms with Gasteiger partial charge in [0, 0.05) is 26.0 Å². The summed E-state index contributed by atoms with van der Waals surface area (Å²) in [6.07, 6.45) is 7.25. The third-order valence-corrected chi connectivity index (χ3v) is 4.09. The molecule has 0 aliphatic rings. The van der Waals surface area contributed by atoms with E-state index in [2.05, 4.69) is 28.2 Å². The van der Waals surface area contributed by atoms with Gasteiger partial charge in [0.1, 0.15) is 10.8 Å². The summed E-state index contributed by atoms with van der Waals surface area (Å²) in [6, 6.07) is 3.95. The van der Waals surface area contributed by atoms with Gasteiger partial charge < -0.3 is 10.6 Å². The van der Waals surface area contributed by atoms with Gasteiger partial charge in [-0.25, -0.2) is 0 Å². The van der Waals surface area contributed by atoms with Crippen LogP contribution in [0.4, 0.5) is 10.8 Å². The second kappa shape index (κ2) is 6.52. The number of hydrogen-bond acceptors (Lipinski definition) is 5. The van der Waals surface area contributed by atoms with Crippen LogP contribution in [0.25, 0.3) is 11.1 Å². The number of pyridine rings is 1. The van der Waals surface area contributed by atoms with Crippen LogP contribution in [0.15, 0.2) is 24.5 Å². The van der Waals surface area contributed by atoms with Gasteiger partial charge in [0.25, 0.3) is 0 Å². The van der Waals surface area contributed by atoms with Crippen LogP contribution in [-0.2, 0) is 0 Å². The summed E-state index contributed by atoms with van der Waals surface area (Å²) >= 11 is 1.47. The highest BCUT2D eigenvalue weighted by Gasteiger charge is 2.16. The first kappa shape index (κ1) is 13.8. The number of unbranched alkanes of at least 4 members (excludes halogenated alkanes) is 2. The summed E-state index contributed by atoms with van der Waals surface area (Å²) in [5.41, 5.74) is 8.13. The minimum Gasteiger partial charge on any atom is -0.382 e. The maximum atomic E-state index is 6.02. The van der Waals surface area contributed by atoms with E-state index in [4.69, 9.17) is 5.73 Å². The molecule has 2 aromatic rings. The van der Waals surface area contributed by atoms with Gasteiger partial charge >= 0.3 is 0 Å². The van der Waals surface area contributed by atoms with Crippen LogP contribution in [0.5, 0.6) is 0 Å². The fourth-order valence-corrected chi connectivity index (χ4v) is 2.86. The molecule has 0 unspecified atom stereocenters. The third kappa shape index (κ3) is 3.23. The van der Waals surface area contributed by atoms with E-state index in [1.807, 2.05) is 12.1 Å². The maximum Gasteiger partial charge on any atom is 0.147 e. The van der Waals surface area contributed by atoms with E-state index in [0.717, 1.165) is 22.7 Å². The lowest BCUT2D eigenvalue weighted by Crippen LogP contribution is -2.18. The van der Waals surface area contributed by atoms with Crippen LogP contribution < -0.4 is 10.6 Å². The minimum absolute atomic E-state index is 0.605. The second-order valence-corrected chi connectivity index (χ2v) is 5.36. The van der Waals surface area contributed by atoms with Gasteiger partial charge in [-0.2, -0.15) is 4.37 Å². The number of aromatic nitrogens is 2. The Balaban J connectivity index is 2.23. The summed E-state index contributed by atoms with van der Waals surface area (Å²) in [5, 5.41) is 1.14. The van der Waals surface area contributed by atoms with Crippen LogP contribution in [0, 0.1) is 0 Å². The summed E-state index contributed by atoms with van der Waals surface area (Å²) in [4.78, 5) is 6.30. The van der Waals surface area contributed by atoms with Gasteiger partial charge in [-0.3, -0.25) is 4.98 Å². The van der Waals surface area contributed by atoms with Crippen LogP contribution >= 0.6 is 11.5 Å². The Bertz CT molecular complexity index is 509. The number of nitrogen functional groups attached to an aromatic ring is 1. The molecule has 4 nitrogen and oxygen atoms in total. The van der Waals surface area contributed by atoms with Gasteiger partial charge in [-0.05, 0) is 35.6 Å². The molecular weight excluding hydrogens is 256 g/mol. The van der Waals surface area contributed by atoms with E-state index >= 15 is 0 Å². The molecule has 0 saturated carbocycles. The molecule has 0 aliphatic heterocycles. The zero-order valence-corrected chi connectivity index (χ0v) is 12.3. The van der Waals surface area contributed by atoms with Crippen molar-refractivity contribution < 1.29 is 0 Å². The molecule has 2 rings (SSSR count). The Labute approximate surface area is 118 Å². The second-order valence-electron chi connectivity index (χ2n) is 4.61. The number of nitrogens with zero attached hydrogens (tertiary/aromatic N) is 3. The summed E-state index contributed by atoms with van der Waals surface area (Å²) in [5.74, 6) is 0.605. The van der Waals surface area contributed by atoms with Gasteiger partial charge in [0.05, 0.1) is 5.56 Å². The lowest BCUT2D eigenvalue weighted by atomic mass is 10.1. The fourth-order valence-electron chi connectivity index (χ4n) is 2.04. The molecule has 2 N–H and O–H groups in total. The largest absolute Gasteiger partial charge is 0.382 e. The molecule has 0 saturated heterocycles. The molecule has 0 atom stereocenters. The Hall–Kier alpha value is -1.62. The van der Waals surface area contributed by atoms with E-state index in [-0.39, 0.29) is 0 Å². The van der Waals surface area contributed by atoms with E-state index < -0.39 is 0 Å². The van der Waals surface area contributed by atoms with E-state index in [1.54, 1.807) is 12.4 Å². The zero-order valence-electron chi connectivity index (χ0n) is 11.5. The Kier molecular flexibility index (Phi) is 4.74.